The van der Waals surface area contributed by atoms with Crippen LogP contribution in [0.15, 0.2) is 42.7 Å². The minimum Gasteiger partial charge on any atom is -0.378 e. The number of para-hydroxylation sites is 2. The van der Waals surface area contributed by atoms with Crippen molar-refractivity contribution >= 4 is 28.7 Å². The molecule has 0 unspecified atom stereocenters. The van der Waals surface area contributed by atoms with E-state index in [1.165, 1.54) is 4.57 Å². The third kappa shape index (κ3) is 5.88. The van der Waals surface area contributed by atoms with E-state index >= 15 is 0 Å². The van der Waals surface area contributed by atoms with Gasteiger partial charge in [-0.1, -0.05) is 12.1 Å². The number of aryl methyl sites for hydroxylation is 2. The lowest BCUT2D eigenvalue weighted by molar-refractivity contribution is -0.130. The Labute approximate surface area is 230 Å². The van der Waals surface area contributed by atoms with Gasteiger partial charge in [0.2, 0.25) is 11.9 Å². The number of carbonyl (C=O) groups is 1. The Balaban J connectivity index is 1.40. The first-order valence-electron chi connectivity index (χ1n) is 13.3. The maximum atomic E-state index is 14.1. The Kier molecular flexibility index (Phi) is 8.19. The minimum absolute atomic E-state index is 0.136. The first kappa shape index (κ1) is 27.4. The highest BCUT2D eigenvalue weighted by Crippen LogP contribution is 2.29. The van der Waals surface area contributed by atoms with E-state index in [9.17, 15) is 13.6 Å². The van der Waals surface area contributed by atoms with Crippen LogP contribution >= 0.6 is 0 Å². The number of likely N-dealkylation sites (N-methyl/N-ethyl adjacent to an activating group) is 1. The lowest BCUT2D eigenvalue weighted by Gasteiger charge is -2.29. The number of nitrogens with zero attached hydrogens (tertiary/aromatic N) is 8. The van der Waals surface area contributed by atoms with Gasteiger partial charge < -0.3 is 24.4 Å². The van der Waals surface area contributed by atoms with E-state index in [-0.39, 0.29) is 17.7 Å². The molecule has 212 valence electrons. The van der Waals surface area contributed by atoms with Gasteiger partial charge in [-0.15, -0.1) is 0 Å². The van der Waals surface area contributed by atoms with Gasteiger partial charge in [-0.3, -0.25) is 9.36 Å². The number of hydrogen-bond acceptors (Lipinski definition) is 8. The van der Waals surface area contributed by atoms with Gasteiger partial charge in [-0.2, -0.15) is 9.97 Å². The molecule has 3 aromatic heterocycles. The molecule has 4 heterocycles. The van der Waals surface area contributed by atoms with Gasteiger partial charge in [0, 0.05) is 58.6 Å². The van der Waals surface area contributed by atoms with Crippen LogP contribution in [-0.2, 0) is 23.0 Å². The van der Waals surface area contributed by atoms with E-state index in [1.54, 1.807) is 55.4 Å². The second-order valence-electron chi connectivity index (χ2n) is 9.79. The maximum Gasteiger partial charge on any atom is 0.296 e. The van der Waals surface area contributed by atoms with Crippen molar-refractivity contribution in [2.75, 3.05) is 50.1 Å². The Morgan fingerprint density at radius 3 is 2.62 bits per heavy atom. The number of rotatable bonds is 10. The molecule has 0 spiro atoms. The van der Waals surface area contributed by atoms with E-state index in [0.717, 1.165) is 18.7 Å². The quantitative estimate of drug-likeness (QED) is 0.319. The van der Waals surface area contributed by atoms with Crippen LogP contribution in [0.3, 0.4) is 0 Å². The van der Waals surface area contributed by atoms with Gasteiger partial charge in [0.25, 0.3) is 6.43 Å². The van der Waals surface area contributed by atoms with E-state index in [4.69, 9.17) is 4.74 Å². The molecule has 5 rings (SSSR count). The molecular weight excluding hydrogens is 520 g/mol. The number of aromatic nitrogens is 6. The summed E-state index contributed by atoms with van der Waals surface area (Å²) in [7, 11) is 3.70. The van der Waals surface area contributed by atoms with Crippen molar-refractivity contribution in [2.45, 2.75) is 32.2 Å². The summed E-state index contributed by atoms with van der Waals surface area (Å²) in [5.41, 5.74) is 0.946. The van der Waals surface area contributed by atoms with Gasteiger partial charge >= 0.3 is 0 Å². The third-order valence-electron chi connectivity index (χ3n) is 6.95. The summed E-state index contributed by atoms with van der Waals surface area (Å²) >= 11 is 0. The number of nitrogens with one attached hydrogen (secondary N) is 1. The zero-order valence-electron chi connectivity index (χ0n) is 22.8. The summed E-state index contributed by atoms with van der Waals surface area (Å²) in [6.07, 6.45) is 2.35. The van der Waals surface area contributed by atoms with Gasteiger partial charge in [0.15, 0.2) is 5.82 Å². The maximum absolute atomic E-state index is 14.1. The number of benzene rings is 1. The Morgan fingerprint density at radius 1 is 1.15 bits per heavy atom. The molecule has 1 aliphatic rings. The van der Waals surface area contributed by atoms with E-state index in [0.29, 0.717) is 49.7 Å². The second kappa shape index (κ2) is 11.9. The first-order chi connectivity index (χ1) is 19.3. The summed E-state index contributed by atoms with van der Waals surface area (Å²) in [6.45, 7) is 4.52. The number of amides is 1. The number of ether oxygens (including phenoxy) is 1. The molecule has 1 aromatic carbocycles. The van der Waals surface area contributed by atoms with Gasteiger partial charge in [0.05, 0.1) is 24.2 Å². The fourth-order valence-electron chi connectivity index (χ4n) is 4.80. The van der Waals surface area contributed by atoms with E-state index < -0.39 is 18.3 Å². The van der Waals surface area contributed by atoms with Crippen LogP contribution in [0.25, 0.3) is 16.9 Å². The molecule has 1 aliphatic heterocycles. The SMILES string of the molecule is C[C@H](Nc1nc(N2CCOCC2)cc(-n2c(C(F)F)nc3ccccc32)n1)C(=O)N(C)CCCc1nccn1C. The number of anilines is 2. The number of imidazole rings is 2. The van der Waals surface area contributed by atoms with Crippen molar-refractivity contribution in [3.05, 3.63) is 54.4 Å². The van der Waals surface area contributed by atoms with Crippen molar-refractivity contribution in [1.29, 1.82) is 0 Å². The molecule has 0 bridgehead atoms. The highest BCUT2D eigenvalue weighted by atomic mass is 19.3. The lowest BCUT2D eigenvalue weighted by atomic mass is 10.2. The molecule has 1 atom stereocenters. The van der Waals surface area contributed by atoms with Crippen molar-refractivity contribution in [3.63, 3.8) is 0 Å². The number of fused-ring (bicyclic) bond motifs is 1. The lowest BCUT2D eigenvalue weighted by Crippen LogP contribution is -2.40. The number of halogens is 2. The van der Waals surface area contributed by atoms with Crippen LogP contribution in [0.1, 0.15) is 31.4 Å². The van der Waals surface area contributed by atoms with Crippen LogP contribution in [0, 0.1) is 0 Å². The summed E-state index contributed by atoms with van der Waals surface area (Å²) in [5, 5.41) is 3.11. The summed E-state index contributed by atoms with van der Waals surface area (Å²) in [5.74, 6) is 1.38. The molecule has 11 nitrogen and oxygen atoms in total. The molecule has 1 fully saturated rings. The van der Waals surface area contributed by atoms with E-state index in [2.05, 4.69) is 25.3 Å². The largest absolute Gasteiger partial charge is 0.378 e. The standard InChI is InChI=1S/C27H33F2N9O2/c1-18(26(39)36(3)11-6-9-21-30-10-12-35(21)2)31-27-33-22(37-13-15-40-16-14-37)17-23(34-27)38-20-8-5-4-7-19(20)32-25(38)24(28)29/h4-5,7-8,10,12,17-18,24H,6,9,11,13-16H2,1-3H3,(H,31,33,34)/t18-/m0/s1. The Bertz CT molecular complexity index is 1470. The van der Waals surface area contributed by atoms with Crippen LogP contribution in [-0.4, -0.2) is 85.8 Å². The number of hydrogen-bond donors (Lipinski definition) is 1. The average molecular weight is 554 g/mol. The zero-order chi connectivity index (χ0) is 28.2. The molecule has 0 radical (unpaired) electrons. The zero-order valence-corrected chi connectivity index (χ0v) is 22.8. The number of morpholine rings is 1. The number of carbonyl (C=O) groups excluding carboxylic acids is 1. The molecule has 13 heteroatoms. The van der Waals surface area contributed by atoms with Crippen LogP contribution in [0.4, 0.5) is 20.5 Å². The van der Waals surface area contributed by atoms with Gasteiger partial charge in [-0.25, -0.2) is 18.7 Å². The summed E-state index contributed by atoms with van der Waals surface area (Å²) < 4.78 is 37.0. The molecule has 1 amide bonds. The Morgan fingerprint density at radius 2 is 1.90 bits per heavy atom. The molecule has 0 aliphatic carbocycles. The fourth-order valence-corrected chi connectivity index (χ4v) is 4.80. The average Bonchev–Trinajstić information content (AvgIpc) is 3.56. The smallest absolute Gasteiger partial charge is 0.296 e. The van der Waals surface area contributed by atoms with Crippen molar-refractivity contribution < 1.29 is 18.3 Å². The van der Waals surface area contributed by atoms with Gasteiger partial charge in [0.1, 0.15) is 23.5 Å². The van der Waals surface area contributed by atoms with Crippen molar-refractivity contribution in [3.8, 4) is 5.82 Å². The Hall–Kier alpha value is -4.13. The normalized spacial score (nSPS) is 14.6. The van der Waals surface area contributed by atoms with Crippen LogP contribution < -0.4 is 10.2 Å². The van der Waals surface area contributed by atoms with Crippen molar-refractivity contribution in [2.24, 2.45) is 7.05 Å². The van der Waals surface area contributed by atoms with Crippen molar-refractivity contribution in [1.82, 2.24) is 34.0 Å². The molecule has 0 saturated carbocycles. The molecule has 1 saturated heterocycles. The van der Waals surface area contributed by atoms with E-state index in [1.807, 2.05) is 22.7 Å². The predicted octanol–water partition coefficient (Wildman–Crippen LogP) is 3.21. The molecule has 1 N–H and O–H groups in total. The highest BCUT2D eigenvalue weighted by Gasteiger charge is 2.25. The van der Waals surface area contributed by atoms with Crippen LogP contribution in [0.5, 0.6) is 0 Å². The minimum atomic E-state index is -2.81. The first-order valence-corrected chi connectivity index (χ1v) is 13.3. The third-order valence-corrected chi connectivity index (χ3v) is 6.95. The number of alkyl halides is 2. The molecule has 40 heavy (non-hydrogen) atoms. The van der Waals surface area contributed by atoms with Crippen LogP contribution in [0.2, 0.25) is 0 Å². The highest BCUT2D eigenvalue weighted by molar-refractivity contribution is 5.83. The topological polar surface area (TPSA) is 106 Å². The molecular formula is C27H33F2N9O2. The fraction of sp³-hybridized carbons (Fsp3) is 0.444. The monoisotopic (exact) mass is 553 g/mol. The van der Waals surface area contributed by atoms with Gasteiger partial charge in [-0.05, 0) is 25.5 Å². The molecule has 4 aromatic rings. The summed E-state index contributed by atoms with van der Waals surface area (Å²) in [4.78, 5) is 34.6. The second-order valence-corrected chi connectivity index (χ2v) is 9.79. The predicted molar refractivity (Wildman–Crippen MR) is 147 cm³/mol. The summed E-state index contributed by atoms with van der Waals surface area (Å²) in [6, 6.07) is 7.95.